The standard InChI is InChI=1S/C14H19NO2/c1-15-8-7-13(16)9-14(10-15)17-11-12-5-3-2-4-6-12/h2-6,14H,7-11H2,1H3. The van der Waals surface area contributed by atoms with Crippen molar-refractivity contribution >= 4 is 5.78 Å². The van der Waals surface area contributed by atoms with E-state index in [2.05, 4.69) is 4.90 Å². The summed E-state index contributed by atoms with van der Waals surface area (Å²) in [7, 11) is 2.04. The first-order valence-corrected chi connectivity index (χ1v) is 6.10. The number of carbonyl (C=O) groups excluding carboxylic acids is 1. The van der Waals surface area contributed by atoms with Crippen molar-refractivity contribution in [3.63, 3.8) is 0 Å². The number of ketones is 1. The number of rotatable bonds is 3. The average molecular weight is 233 g/mol. The topological polar surface area (TPSA) is 29.5 Å². The fraction of sp³-hybridized carbons (Fsp3) is 0.500. The van der Waals surface area contributed by atoms with Crippen molar-refractivity contribution in [2.75, 3.05) is 20.1 Å². The molecule has 1 aliphatic heterocycles. The normalized spacial score (nSPS) is 22.4. The van der Waals surface area contributed by atoms with Crippen LogP contribution in [-0.2, 0) is 16.1 Å². The summed E-state index contributed by atoms with van der Waals surface area (Å²) < 4.78 is 5.83. The number of benzene rings is 1. The van der Waals surface area contributed by atoms with Crippen LogP contribution in [0.3, 0.4) is 0 Å². The van der Waals surface area contributed by atoms with Crippen LogP contribution in [0.5, 0.6) is 0 Å². The van der Waals surface area contributed by atoms with Crippen LogP contribution in [0.15, 0.2) is 30.3 Å². The molecule has 0 saturated carbocycles. The number of likely N-dealkylation sites (N-methyl/N-ethyl adjacent to an activating group) is 1. The molecule has 0 aliphatic carbocycles. The molecule has 1 atom stereocenters. The van der Waals surface area contributed by atoms with Crippen molar-refractivity contribution in [1.82, 2.24) is 4.90 Å². The number of Topliss-reactive ketones (excluding diaryl/α,β-unsaturated/α-hetero) is 1. The van der Waals surface area contributed by atoms with E-state index in [4.69, 9.17) is 4.74 Å². The first-order valence-electron chi connectivity index (χ1n) is 6.10. The van der Waals surface area contributed by atoms with E-state index in [1.807, 2.05) is 37.4 Å². The fourth-order valence-corrected chi connectivity index (χ4v) is 2.07. The van der Waals surface area contributed by atoms with Crippen LogP contribution < -0.4 is 0 Å². The van der Waals surface area contributed by atoms with Gasteiger partial charge in [0.1, 0.15) is 5.78 Å². The van der Waals surface area contributed by atoms with E-state index >= 15 is 0 Å². The largest absolute Gasteiger partial charge is 0.372 e. The van der Waals surface area contributed by atoms with Gasteiger partial charge in [-0.05, 0) is 12.6 Å². The summed E-state index contributed by atoms with van der Waals surface area (Å²) in [5.74, 6) is 0.312. The SMILES string of the molecule is CN1CCC(=O)CC(OCc2ccccc2)C1. The lowest BCUT2D eigenvalue weighted by atomic mass is 10.1. The molecule has 17 heavy (non-hydrogen) atoms. The van der Waals surface area contributed by atoms with E-state index in [0.29, 0.717) is 25.2 Å². The minimum Gasteiger partial charge on any atom is -0.372 e. The molecule has 0 amide bonds. The molecular weight excluding hydrogens is 214 g/mol. The van der Waals surface area contributed by atoms with Crippen molar-refractivity contribution < 1.29 is 9.53 Å². The number of ether oxygens (including phenoxy) is 1. The van der Waals surface area contributed by atoms with Gasteiger partial charge in [0.05, 0.1) is 12.7 Å². The smallest absolute Gasteiger partial charge is 0.136 e. The maximum absolute atomic E-state index is 11.5. The molecule has 0 aromatic heterocycles. The van der Waals surface area contributed by atoms with Crippen molar-refractivity contribution in [2.45, 2.75) is 25.6 Å². The first kappa shape index (κ1) is 12.3. The number of carbonyl (C=O) groups is 1. The Morgan fingerprint density at radius 3 is 2.88 bits per heavy atom. The molecule has 92 valence electrons. The number of likely N-dealkylation sites (tertiary alicyclic amines) is 1. The molecule has 1 fully saturated rings. The Labute approximate surface area is 102 Å². The average Bonchev–Trinajstić information content (AvgIpc) is 2.50. The van der Waals surface area contributed by atoms with E-state index in [-0.39, 0.29) is 6.10 Å². The number of hydrogen-bond donors (Lipinski definition) is 0. The van der Waals surface area contributed by atoms with Gasteiger partial charge in [-0.15, -0.1) is 0 Å². The Morgan fingerprint density at radius 1 is 1.35 bits per heavy atom. The van der Waals surface area contributed by atoms with E-state index in [1.54, 1.807) is 0 Å². The summed E-state index contributed by atoms with van der Waals surface area (Å²) in [4.78, 5) is 13.7. The van der Waals surface area contributed by atoms with Gasteiger partial charge in [0, 0.05) is 25.9 Å². The fourth-order valence-electron chi connectivity index (χ4n) is 2.07. The number of nitrogens with zero attached hydrogens (tertiary/aromatic N) is 1. The quantitative estimate of drug-likeness (QED) is 0.798. The van der Waals surface area contributed by atoms with Gasteiger partial charge in [0.15, 0.2) is 0 Å². The third kappa shape index (κ3) is 3.95. The Hall–Kier alpha value is -1.19. The van der Waals surface area contributed by atoms with Crippen LogP contribution in [0.25, 0.3) is 0 Å². The van der Waals surface area contributed by atoms with Crippen molar-refractivity contribution in [3.8, 4) is 0 Å². The minimum absolute atomic E-state index is 0.0372. The van der Waals surface area contributed by atoms with E-state index in [1.165, 1.54) is 0 Å². The lowest BCUT2D eigenvalue weighted by molar-refractivity contribution is -0.121. The second-order valence-corrected chi connectivity index (χ2v) is 4.67. The zero-order valence-electron chi connectivity index (χ0n) is 10.3. The van der Waals surface area contributed by atoms with Crippen LogP contribution in [0.1, 0.15) is 18.4 Å². The first-order chi connectivity index (χ1) is 8.24. The van der Waals surface area contributed by atoms with Gasteiger partial charge in [-0.3, -0.25) is 4.79 Å². The predicted octanol–water partition coefficient (Wildman–Crippen LogP) is 1.87. The minimum atomic E-state index is 0.0372. The van der Waals surface area contributed by atoms with Crippen LogP contribution >= 0.6 is 0 Å². The summed E-state index contributed by atoms with van der Waals surface area (Å²) in [5, 5.41) is 0. The molecule has 0 bridgehead atoms. The molecule has 1 aliphatic rings. The Morgan fingerprint density at radius 2 is 2.12 bits per heavy atom. The van der Waals surface area contributed by atoms with E-state index in [0.717, 1.165) is 18.7 Å². The van der Waals surface area contributed by atoms with Gasteiger partial charge in [0.25, 0.3) is 0 Å². The Bertz CT molecular complexity index is 364. The highest BCUT2D eigenvalue weighted by Gasteiger charge is 2.20. The van der Waals surface area contributed by atoms with Gasteiger partial charge in [-0.2, -0.15) is 0 Å². The highest BCUT2D eigenvalue weighted by molar-refractivity contribution is 5.79. The summed E-state index contributed by atoms with van der Waals surface area (Å²) in [6, 6.07) is 10.1. The van der Waals surface area contributed by atoms with Gasteiger partial charge < -0.3 is 9.64 Å². The summed E-state index contributed by atoms with van der Waals surface area (Å²) in [6.07, 6.45) is 1.24. The molecule has 1 heterocycles. The van der Waals surface area contributed by atoms with E-state index in [9.17, 15) is 4.79 Å². The lowest BCUT2D eigenvalue weighted by Crippen LogP contribution is -2.29. The highest BCUT2D eigenvalue weighted by atomic mass is 16.5. The Kier molecular flexibility index (Phi) is 4.29. The maximum atomic E-state index is 11.5. The second-order valence-electron chi connectivity index (χ2n) is 4.67. The van der Waals surface area contributed by atoms with Gasteiger partial charge in [-0.25, -0.2) is 0 Å². The van der Waals surface area contributed by atoms with Crippen LogP contribution in [-0.4, -0.2) is 36.9 Å². The van der Waals surface area contributed by atoms with Crippen LogP contribution in [0.2, 0.25) is 0 Å². The van der Waals surface area contributed by atoms with Gasteiger partial charge in [-0.1, -0.05) is 30.3 Å². The molecule has 0 radical (unpaired) electrons. The monoisotopic (exact) mass is 233 g/mol. The molecule has 1 unspecified atom stereocenters. The van der Waals surface area contributed by atoms with Crippen LogP contribution in [0.4, 0.5) is 0 Å². The molecule has 3 nitrogen and oxygen atoms in total. The molecule has 3 heteroatoms. The maximum Gasteiger partial charge on any atom is 0.136 e. The Balaban J connectivity index is 1.87. The third-order valence-electron chi connectivity index (χ3n) is 3.07. The lowest BCUT2D eigenvalue weighted by Gasteiger charge is -2.19. The van der Waals surface area contributed by atoms with Crippen LogP contribution in [0, 0.1) is 0 Å². The zero-order chi connectivity index (χ0) is 12.1. The van der Waals surface area contributed by atoms with E-state index < -0.39 is 0 Å². The van der Waals surface area contributed by atoms with Crippen molar-refractivity contribution in [3.05, 3.63) is 35.9 Å². The van der Waals surface area contributed by atoms with Crippen molar-refractivity contribution in [2.24, 2.45) is 0 Å². The summed E-state index contributed by atoms with van der Waals surface area (Å²) in [6.45, 7) is 2.29. The molecule has 0 N–H and O–H groups in total. The molecule has 2 rings (SSSR count). The molecule has 1 saturated heterocycles. The second kappa shape index (κ2) is 5.94. The molecule has 0 spiro atoms. The predicted molar refractivity (Wildman–Crippen MR) is 66.8 cm³/mol. The summed E-state index contributed by atoms with van der Waals surface area (Å²) >= 11 is 0. The molecular formula is C14H19NO2. The molecule has 1 aromatic rings. The van der Waals surface area contributed by atoms with Crippen molar-refractivity contribution in [1.29, 1.82) is 0 Å². The van der Waals surface area contributed by atoms with Gasteiger partial charge in [0.2, 0.25) is 0 Å². The zero-order valence-corrected chi connectivity index (χ0v) is 10.3. The van der Waals surface area contributed by atoms with Gasteiger partial charge >= 0.3 is 0 Å². The highest BCUT2D eigenvalue weighted by Crippen LogP contribution is 2.12. The number of hydrogen-bond acceptors (Lipinski definition) is 3. The third-order valence-corrected chi connectivity index (χ3v) is 3.07. The summed E-state index contributed by atoms with van der Waals surface area (Å²) in [5.41, 5.74) is 1.16. The molecule has 1 aromatic carbocycles.